The molecule has 43 heavy (non-hydrogen) atoms. The normalized spacial score (nSPS) is 11.7. The van der Waals surface area contributed by atoms with Gasteiger partial charge >= 0.3 is 12.1 Å². The number of hydrogen-bond acceptors (Lipinski definition) is 4. The van der Waals surface area contributed by atoms with Crippen molar-refractivity contribution in [1.29, 1.82) is 0 Å². The predicted molar refractivity (Wildman–Crippen MR) is 175 cm³/mol. The molecular formula is C30H16Br2ClF3IN3O3. The van der Waals surface area contributed by atoms with E-state index in [0.29, 0.717) is 31.2 Å². The fraction of sp³-hybridized carbons (Fsp3) is 0.0333. The highest BCUT2D eigenvalue weighted by Gasteiger charge is 2.31. The van der Waals surface area contributed by atoms with E-state index in [9.17, 15) is 22.8 Å². The van der Waals surface area contributed by atoms with E-state index in [2.05, 4.69) is 70.0 Å². The summed E-state index contributed by atoms with van der Waals surface area (Å²) < 4.78 is 46.7. The number of H-pyrrole nitrogens is 1. The number of nitrogens with zero attached hydrogens (tertiary/aromatic N) is 1. The number of hydrogen-bond donors (Lipinski definition) is 2. The number of aromatic nitrogens is 1. The van der Waals surface area contributed by atoms with Crippen molar-refractivity contribution in [2.45, 2.75) is 6.18 Å². The maximum absolute atomic E-state index is 13.4. The van der Waals surface area contributed by atoms with E-state index in [-0.39, 0.29) is 22.6 Å². The van der Waals surface area contributed by atoms with Crippen LogP contribution in [-0.4, -0.2) is 23.1 Å². The maximum Gasteiger partial charge on any atom is 0.416 e. The van der Waals surface area contributed by atoms with Gasteiger partial charge in [-0.05, 0) is 81.0 Å². The Balaban J connectivity index is 1.45. The number of rotatable bonds is 6. The lowest BCUT2D eigenvalue weighted by atomic mass is 10.0. The number of amides is 1. The molecule has 5 rings (SSSR count). The van der Waals surface area contributed by atoms with Crippen LogP contribution in [0, 0.1) is 3.57 Å². The van der Waals surface area contributed by atoms with Crippen molar-refractivity contribution in [1.82, 2.24) is 10.4 Å². The third kappa shape index (κ3) is 6.82. The first-order valence-electron chi connectivity index (χ1n) is 12.2. The van der Waals surface area contributed by atoms with Gasteiger partial charge < -0.3 is 9.72 Å². The molecule has 0 atom stereocenters. The Kier molecular flexibility index (Phi) is 9.30. The summed E-state index contributed by atoms with van der Waals surface area (Å²) in [6.45, 7) is 0. The van der Waals surface area contributed by atoms with Crippen molar-refractivity contribution in [2.24, 2.45) is 5.10 Å². The molecule has 4 aromatic carbocycles. The molecule has 0 fully saturated rings. The van der Waals surface area contributed by atoms with Crippen LogP contribution in [0.15, 0.2) is 92.9 Å². The highest BCUT2D eigenvalue weighted by atomic mass is 127. The van der Waals surface area contributed by atoms with Crippen LogP contribution < -0.4 is 10.2 Å². The van der Waals surface area contributed by atoms with Crippen LogP contribution in [0.1, 0.15) is 32.0 Å². The SMILES string of the molecule is O=C(Oc1c(Br)cc(Br)cc1C=NNC(=O)c1[nH]c2c(I)cccc2c1-c1ccccc1Cl)c1cccc(C(F)(F)F)c1. The smallest absolute Gasteiger partial charge is 0.416 e. The lowest BCUT2D eigenvalue weighted by molar-refractivity contribution is -0.137. The topological polar surface area (TPSA) is 83.5 Å². The van der Waals surface area contributed by atoms with Crippen LogP contribution in [0.25, 0.3) is 22.0 Å². The molecule has 1 heterocycles. The number of fused-ring (bicyclic) bond motifs is 1. The average Bonchev–Trinajstić information content (AvgIpc) is 3.35. The number of esters is 1. The van der Waals surface area contributed by atoms with Crippen molar-refractivity contribution < 1.29 is 27.5 Å². The van der Waals surface area contributed by atoms with E-state index in [0.717, 1.165) is 26.6 Å². The number of nitrogens with one attached hydrogen (secondary N) is 2. The quantitative estimate of drug-likeness (QED) is 0.0588. The fourth-order valence-corrected chi connectivity index (χ4v) is 6.47. The molecule has 0 spiro atoms. The van der Waals surface area contributed by atoms with Gasteiger partial charge in [-0.25, -0.2) is 10.2 Å². The first-order chi connectivity index (χ1) is 20.4. The Morgan fingerprint density at radius 1 is 1.00 bits per heavy atom. The Morgan fingerprint density at radius 2 is 1.74 bits per heavy atom. The third-order valence-corrected chi connectivity index (χ3v) is 8.46. The van der Waals surface area contributed by atoms with Crippen molar-refractivity contribution in [3.63, 3.8) is 0 Å². The van der Waals surface area contributed by atoms with Gasteiger partial charge in [0.25, 0.3) is 5.91 Å². The Labute approximate surface area is 278 Å². The second kappa shape index (κ2) is 12.8. The highest BCUT2D eigenvalue weighted by molar-refractivity contribution is 14.1. The molecule has 0 saturated heterocycles. The zero-order chi connectivity index (χ0) is 30.9. The number of aromatic amines is 1. The summed E-state index contributed by atoms with van der Waals surface area (Å²) in [6.07, 6.45) is -3.37. The summed E-state index contributed by atoms with van der Waals surface area (Å²) in [5.41, 5.74) is 3.72. The monoisotopic (exact) mass is 843 g/mol. The minimum atomic E-state index is -4.63. The number of benzene rings is 4. The molecule has 6 nitrogen and oxygen atoms in total. The van der Waals surface area contributed by atoms with Gasteiger partial charge in [-0.2, -0.15) is 18.3 Å². The third-order valence-electron chi connectivity index (χ3n) is 6.18. The van der Waals surface area contributed by atoms with Crippen molar-refractivity contribution in [3.8, 4) is 16.9 Å². The minimum Gasteiger partial charge on any atom is -0.421 e. The molecule has 13 heteroatoms. The molecule has 1 amide bonds. The van der Waals surface area contributed by atoms with Crippen LogP contribution >= 0.6 is 66.1 Å². The van der Waals surface area contributed by atoms with Gasteiger partial charge in [0, 0.05) is 35.1 Å². The molecule has 5 aromatic rings. The highest BCUT2D eigenvalue weighted by Crippen LogP contribution is 2.38. The standard InChI is InChI=1S/C30H16Br2ClF3IN3O3/c31-18-12-16(27(21(32)13-18)43-29(42)15-5-3-6-17(11-15)30(34,35)36)14-38-40-28(41)26-24(19-7-1-2-9-22(19)33)20-8-4-10-23(37)25(20)39-26/h1-14,39H,(H,40,41). The predicted octanol–water partition coefficient (Wildman–Crippen LogP) is 9.62. The van der Waals surface area contributed by atoms with E-state index in [4.69, 9.17) is 16.3 Å². The van der Waals surface area contributed by atoms with Crippen LogP contribution in [-0.2, 0) is 6.18 Å². The van der Waals surface area contributed by atoms with E-state index >= 15 is 0 Å². The molecule has 0 aliphatic carbocycles. The first kappa shape index (κ1) is 31.2. The lowest BCUT2D eigenvalue weighted by Crippen LogP contribution is -2.19. The van der Waals surface area contributed by atoms with Gasteiger partial charge in [0.05, 0.1) is 27.3 Å². The van der Waals surface area contributed by atoms with Crippen molar-refractivity contribution in [2.75, 3.05) is 0 Å². The fourth-order valence-electron chi connectivity index (χ4n) is 4.27. The van der Waals surface area contributed by atoms with Crippen LogP contribution in [0.4, 0.5) is 13.2 Å². The Morgan fingerprint density at radius 3 is 2.49 bits per heavy atom. The zero-order valence-corrected chi connectivity index (χ0v) is 27.5. The number of halogens is 7. The number of carbonyl (C=O) groups is 2. The number of carbonyl (C=O) groups excluding carboxylic acids is 2. The molecule has 0 aliphatic heterocycles. The first-order valence-corrected chi connectivity index (χ1v) is 15.2. The van der Waals surface area contributed by atoms with Gasteiger partial charge in [-0.3, -0.25) is 4.79 Å². The Bertz CT molecular complexity index is 1930. The summed E-state index contributed by atoms with van der Waals surface area (Å²) in [7, 11) is 0. The van der Waals surface area contributed by atoms with Crippen LogP contribution in [0.2, 0.25) is 5.02 Å². The summed E-state index contributed by atoms with van der Waals surface area (Å²) >= 11 is 15.3. The molecule has 1 aromatic heterocycles. The van der Waals surface area contributed by atoms with E-state index < -0.39 is 23.6 Å². The van der Waals surface area contributed by atoms with E-state index in [1.807, 2.05) is 30.3 Å². The largest absolute Gasteiger partial charge is 0.421 e. The van der Waals surface area contributed by atoms with Gasteiger partial charge in [-0.15, -0.1) is 0 Å². The second-order valence-corrected chi connectivity index (χ2v) is 12.3. The second-order valence-electron chi connectivity index (χ2n) is 8.99. The molecule has 2 N–H and O–H groups in total. The molecular weight excluding hydrogens is 830 g/mol. The van der Waals surface area contributed by atoms with E-state index in [1.165, 1.54) is 12.3 Å². The molecule has 0 saturated carbocycles. The average molecular weight is 846 g/mol. The minimum absolute atomic E-state index is 0.0134. The zero-order valence-electron chi connectivity index (χ0n) is 21.4. The molecule has 0 unspecified atom stereocenters. The van der Waals surface area contributed by atoms with Crippen molar-refractivity contribution >= 4 is 95.0 Å². The van der Waals surface area contributed by atoms with Gasteiger partial charge in [-0.1, -0.05) is 63.9 Å². The van der Waals surface area contributed by atoms with E-state index in [1.54, 1.807) is 24.3 Å². The molecule has 0 radical (unpaired) electrons. The summed E-state index contributed by atoms with van der Waals surface area (Å²) in [4.78, 5) is 29.4. The maximum atomic E-state index is 13.4. The molecule has 218 valence electrons. The van der Waals surface area contributed by atoms with Crippen molar-refractivity contribution in [3.05, 3.63) is 119 Å². The lowest BCUT2D eigenvalue weighted by Gasteiger charge is -2.12. The number of para-hydroxylation sites is 1. The van der Waals surface area contributed by atoms with Gasteiger partial charge in [0.1, 0.15) is 5.69 Å². The summed E-state index contributed by atoms with van der Waals surface area (Å²) in [5, 5.41) is 5.34. The Hall–Kier alpha value is -3.20. The van der Waals surface area contributed by atoms with Gasteiger partial charge in [0.2, 0.25) is 0 Å². The molecule has 0 aliphatic rings. The van der Waals surface area contributed by atoms with Crippen LogP contribution in [0.5, 0.6) is 5.75 Å². The number of alkyl halides is 3. The number of ether oxygens (including phenoxy) is 1. The summed E-state index contributed by atoms with van der Waals surface area (Å²) in [6, 6.07) is 19.9. The van der Waals surface area contributed by atoms with Crippen LogP contribution in [0.3, 0.4) is 0 Å². The number of hydrazone groups is 1. The van der Waals surface area contributed by atoms with Gasteiger partial charge in [0.15, 0.2) is 5.75 Å². The summed E-state index contributed by atoms with van der Waals surface area (Å²) in [5.74, 6) is -1.58. The molecule has 0 bridgehead atoms.